The zero-order valence-corrected chi connectivity index (χ0v) is 19.3. The summed E-state index contributed by atoms with van der Waals surface area (Å²) >= 11 is 0. The first-order chi connectivity index (χ1) is 16.1. The van der Waals surface area contributed by atoms with Crippen molar-refractivity contribution in [3.8, 4) is 5.69 Å². The molecule has 8 heteroatoms. The lowest BCUT2D eigenvalue weighted by atomic mass is 9.69. The normalized spacial score (nSPS) is 21.1. The molecule has 1 saturated carbocycles. The number of aromatic amines is 1. The second-order valence-corrected chi connectivity index (χ2v) is 9.95. The fourth-order valence-corrected chi connectivity index (χ4v) is 5.49. The van der Waals surface area contributed by atoms with Crippen LogP contribution in [0, 0.1) is 22.9 Å². The average molecular weight is 470 g/mol. The van der Waals surface area contributed by atoms with E-state index >= 15 is 4.39 Å². The highest BCUT2D eigenvalue weighted by atomic mass is 19.2. The number of H-pyrrole nitrogens is 1. The highest BCUT2D eigenvalue weighted by Crippen LogP contribution is 2.49. The monoisotopic (exact) mass is 469 g/mol. The Morgan fingerprint density at radius 3 is 2.50 bits per heavy atom. The molecule has 0 saturated heterocycles. The number of rotatable bonds is 4. The molecule has 0 radical (unpaired) electrons. The van der Waals surface area contributed by atoms with Gasteiger partial charge in [-0.3, -0.25) is 9.89 Å². The molecule has 1 aliphatic rings. The molecule has 2 N–H and O–H groups in total. The summed E-state index contributed by atoms with van der Waals surface area (Å²) in [7, 11) is 0. The largest absolute Gasteiger partial charge is 0.481 e. The summed E-state index contributed by atoms with van der Waals surface area (Å²) in [5.74, 6) is -3.29. The molecule has 178 valence electrons. The third-order valence-electron chi connectivity index (χ3n) is 7.41. The van der Waals surface area contributed by atoms with E-state index in [1.54, 1.807) is 6.92 Å². The predicted molar refractivity (Wildman–Crippen MR) is 124 cm³/mol. The Balaban J connectivity index is 1.82. The Morgan fingerprint density at radius 1 is 1.18 bits per heavy atom. The Bertz CT molecular complexity index is 1430. The van der Waals surface area contributed by atoms with Gasteiger partial charge in [-0.2, -0.15) is 5.10 Å². The molecule has 5 nitrogen and oxygen atoms in total. The van der Waals surface area contributed by atoms with Crippen molar-refractivity contribution in [2.45, 2.75) is 58.3 Å². The van der Waals surface area contributed by atoms with E-state index in [4.69, 9.17) is 0 Å². The van der Waals surface area contributed by atoms with E-state index in [2.05, 4.69) is 10.2 Å². The number of hydrogen-bond donors (Lipinski definition) is 2. The van der Waals surface area contributed by atoms with Gasteiger partial charge >= 0.3 is 5.97 Å². The van der Waals surface area contributed by atoms with E-state index < -0.39 is 28.8 Å². The fourth-order valence-electron chi connectivity index (χ4n) is 5.49. The summed E-state index contributed by atoms with van der Waals surface area (Å²) in [4.78, 5) is 11.8. The van der Waals surface area contributed by atoms with Crippen LogP contribution in [0.4, 0.5) is 13.2 Å². The van der Waals surface area contributed by atoms with E-state index in [-0.39, 0.29) is 17.4 Å². The molecule has 0 spiro atoms. The number of halogens is 3. The standard InChI is InChI=1S/C26H26F3N3O2/c1-13(2)24-20(14-6-8-26(3,9-7-14)25(33)34)21-19(10-15-12-30-31-23(15)22(21)29)32(24)16-4-5-17(27)18(28)11-16/h4-5,10-14H,6-9H2,1-3H3,(H,30,31)(H,33,34)/t14-,26-. The van der Waals surface area contributed by atoms with Gasteiger partial charge in [0.2, 0.25) is 0 Å². The maximum Gasteiger partial charge on any atom is 0.309 e. The van der Waals surface area contributed by atoms with Gasteiger partial charge in [-0.05, 0) is 68.2 Å². The fraction of sp³-hybridized carbons (Fsp3) is 0.385. The maximum atomic E-state index is 16.0. The zero-order chi connectivity index (χ0) is 24.4. The number of carboxylic acids is 1. The Labute approximate surface area is 194 Å². The van der Waals surface area contributed by atoms with Gasteiger partial charge in [0.15, 0.2) is 17.5 Å². The first-order valence-corrected chi connectivity index (χ1v) is 11.5. The molecule has 0 aliphatic heterocycles. The number of nitrogens with zero attached hydrogens (tertiary/aromatic N) is 2. The molecule has 34 heavy (non-hydrogen) atoms. The van der Waals surface area contributed by atoms with Crippen LogP contribution in [0.25, 0.3) is 27.5 Å². The summed E-state index contributed by atoms with van der Waals surface area (Å²) in [6, 6.07) is 5.52. The lowest BCUT2D eigenvalue weighted by molar-refractivity contribution is -0.149. The van der Waals surface area contributed by atoms with Gasteiger partial charge < -0.3 is 9.67 Å². The molecule has 0 unspecified atom stereocenters. The maximum absolute atomic E-state index is 16.0. The van der Waals surface area contributed by atoms with Crippen molar-refractivity contribution in [3.05, 3.63) is 59.2 Å². The van der Waals surface area contributed by atoms with Crippen molar-refractivity contribution in [1.82, 2.24) is 14.8 Å². The molecule has 1 aliphatic carbocycles. The highest BCUT2D eigenvalue weighted by molar-refractivity contribution is 5.99. The number of hydrogen-bond acceptors (Lipinski definition) is 2. The third-order valence-corrected chi connectivity index (χ3v) is 7.41. The minimum absolute atomic E-state index is 0.0563. The van der Waals surface area contributed by atoms with Crippen LogP contribution in [0.2, 0.25) is 0 Å². The number of carbonyl (C=O) groups is 1. The summed E-state index contributed by atoms with van der Waals surface area (Å²) in [6.45, 7) is 5.74. The smallest absolute Gasteiger partial charge is 0.309 e. The van der Waals surface area contributed by atoms with Crippen molar-refractivity contribution in [1.29, 1.82) is 0 Å². The average Bonchev–Trinajstić information content (AvgIpc) is 3.39. The molecule has 2 aromatic heterocycles. The van der Waals surface area contributed by atoms with Crippen LogP contribution in [0.15, 0.2) is 30.5 Å². The molecule has 0 amide bonds. The molecule has 1 fully saturated rings. The second kappa shape index (κ2) is 7.89. The second-order valence-electron chi connectivity index (χ2n) is 9.95. The van der Waals surface area contributed by atoms with Crippen molar-refractivity contribution in [2.24, 2.45) is 5.41 Å². The Kier molecular flexibility index (Phi) is 5.22. The molecule has 2 aromatic carbocycles. The highest BCUT2D eigenvalue weighted by Gasteiger charge is 2.40. The summed E-state index contributed by atoms with van der Waals surface area (Å²) in [5.41, 5.74) is 2.09. The number of aromatic nitrogens is 3. The molecular weight excluding hydrogens is 443 g/mol. The SMILES string of the molecule is CC(C)c1c([C@H]2CC[C@](C)(C(=O)O)CC2)c2c(F)c3[nH]ncc3cc2n1-c1ccc(F)c(F)c1. The Hall–Kier alpha value is -3.29. The lowest BCUT2D eigenvalue weighted by Gasteiger charge is -2.34. The molecule has 0 bridgehead atoms. The van der Waals surface area contributed by atoms with E-state index in [9.17, 15) is 18.7 Å². The zero-order valence-electron chi connectivity index (χ0n) is 19.3. The minimum Gasteiger partial charge on any atom is -0.481 e. The van der Waals surface area contributed by atoms with Gasteiger partial charge in [-0.15, -0.1) is 0 Å². The number of nitrogens with one attached hydrogen (secondary N) is 1. The van der Waals surface area contributed by atoms with E-state index in [0.29, 0.717) is 47.7 Å². The van der Waals surface area contributed by atoms with Crippen molar-refractivity contribution in [2.75, 3.05) is 0 Å². The van der Waals surface area contributed by atoms with Gasteiger partial charge in [-0.1, -0.05) is 13.8 Å². The van der Waals surface area contributed by atoms with Crippen molar-refractivity contribution in [3.63, 3.8) is 0 Å². The molecule has 4 aromatic rings. The van der Waals surface area contributed by atoms with E-state index in [1.807, 2.05) is 24.5 Å². The summed E-state index contributed by atoms with van der Waals surface area (Å²) in [6.07, 6.45) is 3.69. The van der Waals surface area contributed by atoms with Crippen LogP contribution in [0.5, 0.6) is 0 Å². The number of benzene rings is 2. The van der Waals surface area contributed by atoms with E-state index in [1.165, 1.54) is 12.3 Å². The van der Waals surface area contributed by atoms with Crippen LogP contribution < -0.4 is 0 Å². The first-order valence-electron chi connectivity index (χ1n) is 11.5. The molecule has 2 heterocycles. The van der Waals surface area contributed by atoms with Gasteiger partial charge in [0.25, 0.3) is 0 Å². The molecule has 5 rings (SSSR count). The van der Waals surface area contributed by atoms with Crippen LogP contribution in [0.1, 0.15) is 69.5 Å². The lowest BCUT2D eigenvalue weighted by Crippen LogP contribution is -2.32. The number of aliphatic carboxylic acids is 1. The van der Waals surface area contributed by atoms with Gasteiger partial charge in [-0.25, -0.2) is 13.2 Å². The van der Waals surface area contributed by atoms with Gasteiger partial charge in [0.05, 0.1) is 17.1 Å². The summed E-state index contributed by atoms with van der Waals surface area (Å²) in [5, 5.41) is 17.4. The third kappa shape index (κ3) is 3.30. The van der Waals surface area contributed by atoms with Crippen LogP contribution in [-0.2, 0) is 4.79 Å². The van der Waals surface area contributed by atoms with Gasteiger partial charge in [0.1, 0.15) is 5.52 Å². The van der Waals surface area contributed by atoms with Crippen molar-refractivity contribution < 1.29 is 23.1 Å². The predicted octanol–water partition coefficient (Wildman–Crippen LogP) is 6.80. The molecular formula is C26H26F3N3O2. The Morgan fingerprint density at radius 2 is 1.88 bits per heavy atom. The van der Waals surface area contributed by atoms with Crippen LogP contribution >= 0.6 is 0 Å². The molecule has 0 atom stereocenters. The number of fused-ring (bicyclic) bond motifs is 2. The van der Waals surface area contributed by atoms with E-state index in [0.717, 1.165) is 23.4 Å². The number of carboxylic acid groups (broad SMARTS) is 1. The van der Waals surface area contributed by atoms with Crippen LogP contribution in [0.3, 0.4) is 0 Å². The first kappa shape index (κ1) is 22.5. The van der Waals surface area contributed by atoms with Crippen molar-refractivity contribution >= 4 is 27.8 Å². The minimum atomic E-state index is -0.977. The topological polar surface area (TPSA) is 70.9 Å². The van der Waals surface area contributed by atoms with Crippen LogP contribution in [-0.4, -0.2) is 25.8 Å². The quantitative estimate of drug-likeness (QED) is 0.345. The summed E-state index contributed by atoms with van der Waals surface area (Å²) < 4.78 is 45.8. The van der Waals surface area contributed by atoms with Gasteiger partial charge in [0, 0.05) is 28.2 Å².